The number of amides is 1. The van der Waals surface area contributed by atoms with Crippen LogP contribution in [-0.4, -0.2) is 16.8 Å². The van der Waals surface area contributed by atoms with Crippen LogP contribution in [-0.2, 0) is 11.2 Å². The minimum absolute atomic E-state index is 0.178. The van der Waals surface area contributed by atoms with Crippen LogP contribution < -0.4 is 5.32 Å². The van der Waals surface area contributed by atoms with Gasteiger partial charge in [0.25, 0.3) is 0 Å². The van der Waals surface area contributed by atoms with Crippen LogP contribution in [0.4, 0.5) is 4.39 Å². The number of carbonyl (C=O) groups is 1. The van der Waals surface area contributed by atoms with Crippen LogP contribution in [0.15, 0.2) is 24.3 Å². The Kier molecular flexibility index (Phi) is 3.79. The summed E-state index contributed by atoms with van der Waals surface area (Å²) in [5, 5.41) is 3.11. The molecule has 5 rings (SSSR count). The molecule has 0 saturated heterocycles. The second kappa shape index (κ2) is 5.58. The predicted molar refractivity (Wildman–Crippen MR) is 91.9 cm³/mol. The van der Waals surface area contributed by atoms with E-state index >= 15 is 0 Å². The van der Waals surface area contributed by atoms with Crippen molar-refractivity contribution in [2.45, 2.75) is 49.3 Å². The highest BCUT2D eigenvalue weighted by Crippen LogP contribution is 2.64. The summed E-state index contributed by atoms with van der Waals surface area (Å²) in [5.41, 5.74) is 0.498. The zero-order chi connectivity index (χ0) is 16.1. The van der Waals surface area contributed by atoms with Crippen LogP contribution in [0.1, 0.15) is 44.1 Å². The molecule has 4 bridgehead atoms. The molecule has 1 aromatic rings. The summed E-state index contributed by atoms with van der Waals surface area (Å²) in [5.74, 6) is 1.42. The molecule has 0 spiro atoms. The van der Waals surface area contributed by atoms with Crippen molar-refractivity contribution in [2.75, 3.05) is 6.54 Å². The fourth-order valence-electron chi connectivity index (χ4n) is 5.62. The van der Waals surface area contributed by atoms with Crippen molar-refractivity contribution in [3.8, 4) is 0 Å². The predicted octanol–water partition coefficient (Wildman–Crippen LogP) is 4.22. The molecular formula is C19H23BrFNO. The molecular weight excluding hydrogens is 357 g/mol. The molecule has 0 heterocycles. The lowest BCUT2D eigenvalue weighted by molar-refractivity contribution is -0.144. The number of halogens is 2. The molecule has 4 aliphatic carbocycles. The van der Waals surface area contributed by atoms with Crippen molar-refractivity contribution in [1.82, 2.24) is 5.32 Å². The third-order valence-electron chi connectivity index (χ3n) is 6.11. The second-order valence-corrected chi connectivity index (χ2v) is 9.67. The molecule has 1 N–H and O–H groups in total. The van der Waals surface area contributed by atoms with E-state index in [-0.39, 0.29) is 21.5 Å². The topological polar surface area (TPSA) is 29.1 Å². The SMILES string of the molecule is O=C(NCCc1ccccc1F)C12CC3CC(CC(Br)(C3)C1)C2. The summed E-state index contributed by atoms with van der Waals surface area (Å²) in [6, 6.07) is 6.81. The molecule has 0 aliphatic heterocycles. The molecule has 4 fully saturated rings. The molecule has 2 unspecified atom stereocenters. The Balaban J connectivity index is 1.41. The zero-order valence-electron chi connectivity index (χ0n) is 13.3. The van der Waals surface area contributed by atoms with Crippen molar-refractivity contribution in [1.29, 1.82) is 0 Å². The standard InChI is InChI=1S/C19H23BrFNO/c20-19-10-13-7-14(11-19)9-18(8-13,12-19)17(23)22-6-5-15-3-1-2-4-16(15)21/h1-4,13-14H,5-12H2,(H,22,23). The lowest BCUT2D eigenvalue weighted by Crippen LogP contribution is -2.58. The van der Waals surface area contributed by atoms with E-state index in [0.717, 1.165) is 19.3 Å². The van der Waals surface area contributed by atoms with E-state index in [2.05, 4.69) is 21.2 Å². The summed E-state index contributed by atoms with van der Waals surface area (Å²) in [7, 11) is 0. The summed E-state index contributed by atoms with van der Waals surface area (Å²) in [6.07, 6.45) is 7.38. The van der Waals surface area contributed by atoms with Gasteiger partial charge >= 0.3 is 0 Å². The van der Waals surface area contributed by atoms with Crippen molar-refractivity contribution in [3.63, 3.8) is 0 Å². The first kappa shape index (κ1) is 15.6. The molecule has 23 heavy (non-hydrogen) atoms. The number of benzene rings is 1. The van der Waals surface area contributed by atoms with Crippen LogP contribution in [0.5, 0.6) is 0 Å². The quantitative estimate of drug-likeness (QED) is 0.779. The van der Waals surface area contributed by atoms with Crippen LogP contribution in [0.25, 0.3) is 0 Å². The number of hydrogen-bond acceptors (Lipinski definition) is 1. The average molecular weight is 380 g/mol. The Hall–Kier alpha value is -0.900. The minimum Gasteiger partial charge on any atom is -0.355 e. The number of alkyl halides is 1. The summed E-state index contributed by atoms with van der Waals surface area (Å²) >= 11 is 3.95. The van der Waals surface area contributed by atoms with Crippen molar-refractivity contribution >= 4 is 21.8 Å². The van der Waals surface area contributed by atoms with Gasteiger partial charge in [0.15, 0.2) is 0 Å². The van der Waals surface area contributed by atoms with Gasteiger partial charge in [0.2, 0.25) is 5.91 Å². The molecule has 2 atom stereocenters. The molecule has 1 amide bonds. The summed E-state index contributed by atoms with van der Waals surface area (Å²) < 4.78 is 13.9. The van der Waals surface area contributed by atoms with Gasteiger partial charge in [0.1, 0.15) is 5.82 Å². The second-order valence-electron chi connectivity index (χ2n) is 7.99. The maximum Gasteiger partial charge on any atom is 0.226 e. The molecule has 4 aliphatic rings. The lowest BCUT2D eigenvalue weighted by Gasteiger charge is -2.59. The highest BCUT2D eigenvalue weighted by Gasteiger charge is 2.59. The number of hydrogen-bond donors (Lipinski definition) is 1. The lowest BCUT2D eigenvalue weighted by atomic mass is 9.49. The monoisotopic (exact) mass is 379 g/mol. The molecule has 124 valence electrons. The maximum absolute atomic E-state index is 13.7. The van der Waals surface area contributed by atoms with E-state index in [1.54, 1.807) is 12.1 Å². The van der Waals surface area contributed by atoms with Gasteiger partial charge in [-0.2, -0.15) is 0 Å². The van der Waals surface area contributed by atoms with Gasteiger partial charge < -0.3 is 5.32 Å². The molecule has 4 heteroatoms. The highest BCUT2D eigenvalue weighted by atomic mass is 79.9. The average Bonchev–Trinajstić information content (AvgIpc) is 2.46. The van der Waals surface area contributed by atoms with Crippen LogP contribution in [0, 0.1) is 23.1 Å². The van der Waals surface area contributed by atoms with E-state index in [1.807, 2.05) is 6.07 Å². The van der Waals surface area contributed by atoms with E-state index in [0.29, 0.717) is 30.4 Å². The van der Waals surface area contributed by atoms with Crippen molar-refractivity contribution in [2.24, 2.45) is 17.3 Å². The van der Waals surface area contributed by atoms with Gasteiger partial charge in [-0.3, -0.25) is 4.79 Å². The third-order valence-corrected chi connectivity index (χ3v) is 7.04. The number of carbonyl (C=O) groups excluding carboxylic acids is 1. The van der Waals surface area contributed by atoms with Crippen molar-refractivity contribution in [3.05, 3.63) is 35.6 Å². The van der Waals surface area contributed by atoms with Gasteiger partial charge in [-0.25, -0.2) is 4.39 Å². The Bertz CT molecular complexity index is 618. The Morgan fingerprint density at radius 3 is 2.57 bits per heavy atom. The normalized spacial score (nSPS) is 37.8. The van der Waals surface area contributed by atoms with Gasteiger partial charge in [-0.05, 0) is 68.4 Å². The van der Waals surface area contributed by atoms with Gasteiger partial charge in [-0.15, -0.1) is 0 Å². The molecule has 0 radical (unpaired) electrons. The first-order valence-electron chi connectivity index (χ1n) is 8.69. The largest absolute Gasteiger partial charge is 0.355 e. The maximum atomic E-state index is 13.7. The summed E-state index contributed by atoms with van der Waals surface area (Å²) in [4.78, 5) is 12.9. The third kappa shape index (κ3) is 2.84. The van der Waals surface area contributed by atoms with Gasteiger partial charge in [-0.1, -0.05) is 34.1 Å². The first-order valence-corrected chi connectivity index (χ1v) is 9.48. The molecule has 1 aromatic carbocycles. The zero-order valence-corrected chi connectivity index (χ0v) is 14.9. The molecule has 0 aromatic heterocycles. The Morgan fingerprint density at radius 2 is 1.91 bits per heavy atom. The molecule has 2 nitrogen and oxygen atoms in total. The van der Waals surface area contributed by atoms with Crippen LogP contribution in [0.3, 0.4) is 0 Å². The minimum atomic E-state index is -0.184. The van der Waals surface area contributed by atoms with Crippen molar-refractivity contribution < 1.29 is 9.18 Å². The van der Waals surface area contributed by atoms with E-state index in [4.69, 9.17) is 0 Å². The highest BCUT2D eigenvalue weighted by molar-refractivity contribution is 9.10. The van der Waals surface area contributed by atoms with Gasteiger partial charge in [0, 0.05) is 10.9 Å². The van der Waals surface area contributed by atoms with E-state index in [9.17, 15) is 9.18 Å². The van der Waals surface area contributed by atoms with Gasteiger partial charge in [0.05, 0.1) is 5.41 Å². The fourth-order valence-corrected chi connectivity index (χ4v) is 7.07. The van der Waals surface area contributed by atoms with E-state index in [1.165, 1.54) is 25.3 Å². The Labute approximate surface area is 145 Å². The number of rotatable bonds is 4. The summed E-state index contributed by atoms with van der Waals surface area (Å²) in [6.45, 7) is 0.520. The molecule has 4 saturated carbocycles. The van der Waals surface area contributed by atoms with E-state index < -0.39 is 0 Å². The smallest absolute Gasteiger partial charge is 0.226 e. The fraction of sp³-hybridized carbons (Fsp3) is 0.632. The first-order chi connectivity index (χ1) is 11.0. The number of nitrogens with one attached hydrogen (secondary N) is 1. The van der Waals surface area contributed by atoms with Crippen LogP contribution >= 0.6 is 15.9 Å². The van der Waals surface area contributed by atoms with Crippen LogP contribution in [0.2, 0.25) is 0 Å². The Morgan fingerprint density at radius 1 is 1.22 bits per heavy atom.